The Labute approximate surface area is 144 Å². The second kappa shape index (κ2) is 7.23. The lowest BCUT2D eigenvalue weighted by molar-refractivity contribution is 0.0934. The molecule has 1 aromatic heterocycles. The van der Waals surface area contributed by atoms with Crippen molar-refractivity contribution in [2.45, 2.75) is 6.92 Å². The first-order valence-electron chi connectivity index (χ1n) is 7.77. The van der Waals surface area contributed by atoms with Gasteiger partial charge in [0.1, 0.15) is 5.82 Å². The van der Waals surface area contributed by atoms with Gasteiger partial charge in [0.2, 0.25) is 5.82 Å². The van der Waals surface area contributed by atoms with Crippen LogP contribution in [0.4, 0.5) is 4.39 Å². The summed E-state index contributed by atoms with van der Waals surface area (Å²) in [5, 5.41) is 15.7. The number of nitrogens with zero attached hydrogens (tertiary/aromatic N) is 3. The number of carbonyl (C=O) groups excluding carboxylic acids is 1. The van der Waals surface area contributed by atoms with Gasteiger partial charge in [-0.1, -0.05) is 12.1 Å². The predicted octanol–water partition coefficient (Wildman–Crippen LogP) is 2.10. The summed E-state index contributed by atoms with van der Waals surface area (Å²) >= 11 is 0. The van der Waals surface area contributed by atoms with E-state index in [2.05, 4.69) is 15.4 Å². The molecule has 25 heavy (non-hydrogen) atoms. The Balaban J connectivity index is 2.09. The van der Waals surface area contributed by atoms with E-state index in [4.69, 9.17) is 5.11 Å². The van der Waals surface area contributed by atoms with Gasteiger partial charge >= 0.3 is 0 Å². The number of aromatic nitrogens is 3. The van der Waals surface area contributed by atoms with E-state index < -0.39 is 5.91 Å². The molecule has 1 heterocycles. The van der Waals surface area contributed by atoms with Crippen molar-refractivity contribution in [2.24, 2.45) is 0 Å². The molecule has 0 aliphatic heterocycles. The molecule has 6 nitrogen and oxygen atoms in total. The summed E-state index contributed by atoms with van der Waals surface area (Å²) in [5.74, 6) is -0.427. The minimum Gasteiger partial charge on any atom is -0.395 e. The Hall–Kier alpha value is -3.06. The second-order valence-corrected chi connectivity index (χ2v) is 5.50. The van der Waals surface area contributed by atoms with Crippen molar-refractivity contribution in [3.63, 3.8) is 0 Å². The quantitative estimate of drug-likeness (QED) is 0.745. The molecular formula is C18H17FN4O2. The molecule has 128 valence electrons. The highest BCUT2D eigenvalue weighted by Crippen LogP contribution is 2.22. The normalized spacial score (nSPS) is 10.7. The number of carbonyl (C=O) groups is 1. The molecule has 0 fully saturated rings. The number of aliphatic hydroxyl groups excluding tert-OH is 1. The molecule has 2 aromatic carbocycles. The van der Waals surface area contributed by atoms with Gasteiger partial charge in [0, 0.05) is 12.1 Å². The molecule has 3 aromatic rings. The van der Waals surface area contributed by atoms with Crippen molar-refractivity contribution in [3.8, 4) is 17.1 Å². The lowest BCUT2D eigenvalue weighted by Crippen LogP contribution is -2.27. The van der Waals surface area contributed by atoms with Gasteiger partial charge in [-0.2, -0.15) is 0 Å². The molecule has 7 heteroatoms. The number of hydrogen-bond donors (Lipinski definition) is 2. The maximum atomic E-state index is 13.2. The number of hydrogen-bond acceptors (Lipinski definition) is 4. The molecule has 3 rings (SSSR count). The summed E-state index contributed by atoms with van der Waals surface area (Å²) < 4.78 is 14.8. The molecule has 0 aliphatic carbocycles. The van der Waals surface area contributed by atoms with Crippen LogP contribution in [0.2, 0.25) is 0 Å². The number of benzene rings is 2. The van der Waals surface area contributed by atoms with E-state index in [1.807, 2.05) is 31.2 Å². The van der Waals surface area contributed by atoms with Gasteiger partial charge in [-0.25, -0.2) is 14.1 Å². The van der Waals surface area contributed by atoms with Crippen LogP contribution in [-0.2, 0) is 0 Å². The van der Waals surface area contributed by atoms with Crippen LogP contribution in [0.5, 0.6) is 0 Å². The standard InChI is InChI=1S/C18H17FN4O2/c1-12-3-2-4-15(11-12)23-17(13-5-7-14(19)8-6-13)21-16(22-23)18(25)20-9-10-24/h2-8,11,24H,9-10H2,1H3,(H,20,25). The fourth-order valence-corrected chi connectivity index (χ4v) is 2.38. The average molecular weight is 340 g/mol. The van der Waals surface area contributed by atoms with Crippen LogP contribution in [0.1, 0.15) is 16.2 Å². The van der Waals surface area contributed by atoms with E-state index in [1.165, 1.54) is 12.1 Å². The predicted molar refractivity (Wildman–Crippen MR) is 90.9 cm³/mol. The van der Waals surface area contributed by atoms with Crippen molar-refractivity contribution in [1.82, 2.24) is 20.1 Å². The zero-order valence-corrected chi connectivity index (χ0v) is 13.6. The lowest BCUT2D eigenvalue weighted by Gasteiger charge is -2.06. The topological polar surface area (TPSA) is 80.0 Å². The van der Waals surface area contributed by atoms with Crippen LogP contribution in [-0.4, -0.2) is 38.9 Å². The Morgan fingerprint density at radius 2 is 2.00 bits per heavy atom. The first-order chi connectivity index (χ1) is 12.1. The Morgan fingerprint density at radius 1 is 1.24 bits per heavy atom. The summed E-state index contributed by atoms with van der Waals surface area (Å²) in [6, 6.07) is 13.4. The Kier molecular flexibility index (Phi) is 4.85. The average Bonchev–Trinajstić information content (AvgIpc) is 3.06. The minimum absolute atomic E-state index is 0.0192. The molecule has 0 saturated heterocycles. The molecule has 0 unspecified atom stereocenters. The highest BCUT2D eigenvalue weighted by molar-refractivity contribution is 5.91. The van der Waals surface area contributed by atoms with Gasteiger partial charge in [-0.15, -0.1) is 5.10 Å². The van der Waals surface area contributed by atoms with E-state index in [1.54, 1.807) is 16.8 Å². The van der Waals surface area contributed by atoms with Crippen LogP contribution in [0, 0.1) is 12.7 Å². The van der Waals surface area contributed by atoms with Crippen molar-refractivity contribution >= 4 is 5.91 Å². The van der Waals surface area contributed by atoms with Crippen molar-refractivity contribution in [3.05, 3.63) is 65.7 Å². The summed E-state index contributed by atoms with van der Waals surface area (Å²) in [6.45, 7) is 1.89. The summed E-state index contributed by atoms with van der Waals surface area (Å²) in [5.41, 5.74) is 2.41. The zero-order chi connectivity index (χ0) is 17.8. The number of aliphatic hydroxyl groups is 1. The molecule has 1 amide bonds. The number of amides is 1. The molecule has 0 radical (unpaired) electrons. The van der Waals surface area contributed by atoms with Crippen molar-refractivity contribution < 1.29 is 14.3 Å². The number of nitrogens with one attached hydrogen (secondary N) is 1. The largest absolute Gasteiger partial charge is 0.395 e. The fourth-order valence-electron chi connectivity index (χ4n) is 2.38. The monoisotopic (exact) mass is 340 g/mol. The van der Waals surface area contributed by atoms with E-state index in [-0.39, 0.29) is 24.8 Å². The van der Waals surface area contributed by atoms with Gasteiger partial charge < -0.3 is 10.4 Å². The number of halogens is 1. The third-order valence-corrected chi connectivity index (χ3v) is 3.56. The molecule has 0 bridgehead atoms. The third-order valence-electron chi connectivity index (χ3n) is 3.56. The van der Waals surface area contributed by atoms with Gasteiger partial charge in [0.25, 0.3) is 5.91 Å². The lowest BCUT2D eigenvalue weighted by atomic mass is 10.2. The zero-order valence-electron chi connectivity index (χ0n) is 13.6. The van der Waals surface area contributed by atoms with E-state index in [9.17, 15) is 9.18 Å². The van der Waals surface area contributed by atoms with E-state index in [0.29, 0.717) is 11.4 Å². The van der Waals surface area contributed by atoms with Gasteiger partial charge in [0.15, 0.2) is 5.82 Å². The van der Waals surface area contributed by atoms with E-state index >= 15 is 0 Å². The first-order valence-corrected chi connectivity index (χ1v) is 7.77. The second-order valence-electron chi connectivity index (χ2n) is 5.50. The van der Waals surface area contributed by atoms with Crippen LogP contribution in [0.25, 0.3) is 17.1 Å². The van der Waals surface area contributed by atoms with Crippen LogP contribution in [0.3, 0.4) is 0 Å². The molecular weight excluding hydrogens is 323 g/mol. The highest BCUT2D eigenvalue weighted by Gasteiger charge is 2.18. The Bertz CT molecular complexity index is 890. The van der Waals surface area contributed by atoms with Gasteiger partial charge in [-0.3, -0.25) is 4.79 Å². The van der Waals surface area contributed by atoms with Crippen molar-refractivity contribution in [2.75, 3.05) is 13.2 Å². The first kappa shape index (κ1) is 16.8. The SMILES string of the molecule is Cc1cccc(-n2nc(C(=O)NCCO)nc2-c2ccc(F)cc2)c1. The minimum atomic E-state index is -0.483. The fraction of sp³-hybridized carbons (Fsp3) is 0.167. The molecule has 0 atom stereocenters. The number of aryl methyl sites for hydroxylation is 1. The Morgan fingerprint density at radius 3 is 2.68 bits per heavy atom. The molecule has 0 aliphatic rings. The molecule has 2 N–H and O–H groups in total. The summed E-state index contributed by atoms with van der Waals surface area (Å²) in [6.07, 6.45) is 0. The molecule has 0 spiro atoms. The maximum Gasteiger partial charge on any atom is 0.291 e. The maximum absolute atomic E-state index is 13.2. The van der Waals surface area contributed by atoms with E-state index in [0.717, 1.165) is 11.3 Å². The smallest absolute Gasteiger partial charge is 0.291 e. The third kappa shape index (κ3) is 3.72. The van der Waals surface area contributed by atoms with Crippen LogP contribution in [0.15, 0.2) is 48.5 Å². The van der Waals surface area contributed by atoms with Crippen LogP contribution >= 0.6 is 0 Å². The molecule has 0 saturated carbocycles. The van der Waals surface area contributed by atoms with Gasteiger partial charge in [0.05, 0.1) is 12.3 Å². The summed E-state index contributed by atoms with van der Waals surface area (Å²) in [7, 11) is 0. The summed E-state index contributed by atoms with van der Waals surface area (Å²) in [4.78, 5) is 16.4. The van der Waals surface area contributed by atoms with Crippen LogP contribution < -0.4 is 5.32 Å². The number of rotatable bonds is 5. The highest BCUT2D eigenvalue weighted by atomic mass is 19.1. The van der Waals surface area contributed by atoms with Gasteiger partial charge in [-0.05, 0) is 48.9 Å². The van der Waals surface area contributed by atoms with Crippen molar-refractivity contribution in [1.29, 1.82) is 0 Å².